The highest BCUT2D eigenvalue weighted by Crippen LogP contribution is 2.26. The largest absolute Gasteiger partial charge is 0.495 e. The summed E-state index contributed by atoms with van der Waals surface area (Å²) in [5.41, 5.74) is 0. The molecule has 0 aromatic heterocycles. The van der Waals surface area contributed by atoms with Gasteiger partial charge in [-0.3, -0.25) is 0 Å². The standard InChI is InChI=1S/C10H16O3/c1-7-4-5-9(13-7)10(11)8-3-2-6-12-8/h3,7,9-11H,2,4-6H2,1H3. The van der Waals surface area contributed by atoms with Crippen molar-refractivity contribution in [2.75, 3.05) is 6.61 Å². The lowest BCUT2D eigenvalue weighted by molar-refractivity contribution is -0.0323. The summed E-state index contributed by atoms with van der Waals surface area (Å²) in [6.45, 7) is 2.74. The summed E-state index contributed by atoms with van der Waals surface area (Å²) in [5.74, 6) is 0.708. The Labute approximate surface area is 78.3 Å². The third kappa shape index (κ3) is 1.86. The van der Waals surface area contributed by atoms with E-state index in [1.54, 1.807) is 0 Å². The molecule has 0 amide bonds. The van der Waals surface area contributed by atoms with Crippen molar-refractivity contribution in [1.82, 2.24) is 0 Å². The molecule has 74 valence electrons. The van der Waals surface area contributed by atoms with Gasteiger partial charge in [0.1, 0.15) is 11.9 Å². The number of ether oxygens (including phenoxy) is 2. The summed E-state index contributed by atoms with van der Waals surface area (Å²) in [5, 5.41) is 9.85. The van der Waals surface area contributed by atoms with E-state index in [4.69, 9.17) is 9.47 Å². The van der Waals surface area contributed by atoms with Crippen LogP contribution in [0.5, 0.6) is 0 Å². The van der Waals surface area contributed by atoms with E-state index < -0.39 is 6.10 Å². The zero-order valence-electron chi connectivity index (χ0n) is 7.90. The van der Waals surface area contributed by atoms with Crippen molar-refractivity contribution < 1.29 is 14.6 Å². The minimum Gasteiger partial charge on any atom is -0.495 e. The first kappa shape index (κ1) is 9.03. The summed E-state index contributed by atoms with van der Waals surface area (Å²) in [6, 6.07) is 0. The summed E-state index contributed by atoms with van der Waals surface area (Å²) in [6.07, 6.45) is 4.51. The average Bonchev–Trinajstić information content (AvgIpc) is 2.72. The van der Waals surface area contributed by atoms with Crippen molar-refractivity contribution in [3.05, 3.63) is 11.8 Å². The number of rotatable bonds is 2. The monoisotopic (exact) mass is 184 g/mol. The Kier molecular flexibility index (Phi) is 2.56. The molecule has 2 aliphatic rings. The fourth-order valence-electron chi connectivity index (χ4n) is 1.89. The lowest BCUT2D eigenvalue weighted by atomic mass is 10.1. The van der Waals surface area contributed by atoms with Gasteiger partial charge in [-0.25, -0.2) is 0 Å². The maximum atomic E-state index is 9.85. The molecule has 0 aromatic rings. The van der Waals surface area contributed by atoms with Gasteiger partial charge in [0.25, 0.3) is 0 Å². The number of aliphatic hydroxyl groups excluding tert-OH is 1. The molecule has 2 rings (SSSR count). The van der Waals surface area contributed by atoms with Crippen LogP contribution in [0.25, 0.3) is 0 Å². The molecular weight excluding hydrogens is 168 g/mol. The summed E-state index contributed by atoms with van der Waals surface area (Å²) in [7, 11) is 0. The van der Waals surface area contributed by atoms with Gasteiger partial charge in [-0.05, 0) is 25.8 Å². The molecule has 1 fully saturated rings. The Hall–Kier alpha value is -0.540. The van der Waals surface area contributed by atoms with Crippen molar-refractivity contribution in [1.29, 1.82) is 0 Å². The average molecular weight is 184 g/mol. The molecule has 3 unspecified atom stereocenters. The van der Waals surface area contributed by atoms with E-state index in [2.05, 4.69) is 0 Å². The fraction of sp³-hybridized carbons (Fsp3) is 0.800. The zero-order chi connectivity index (χ0) is 9.26. The third-order valence-electron chi connectivity index (χ3n) is 2.64. The fourth-order valence-corrected chi connectivity index (χ4v) is 1.89. The molecule has 3 heteroatoms. The van der Waals surface area contributed by atoms with Crippen molar-refractivity contribution >= 4 is 0 Å². The Morgan fingerprint density at radius 1 is 1.54 bits per heavy atom. The molecule has 0 radical (unpaired) electrons. The summed E-state index contributed by atoms with van der Waals surface area (Å²) >= 11 is 0. The molecular formula is C10H16O3. The third-order valence-corrected chi connectivity index (χ3v) is 2.64. The van der Waals surface area contributed by atoms with Crippen LogP contribution in [0.15, 0.2) is 11.8 Å². The number of hydrogen-bond donors (Lipinski definition) is 1. The highest BCUT2D eigenvalue weighted by atomic mass is 16.5. The van der Waals surface area contributed by atoms with Crippen molar-refractivity contribution in [3.8, 4) is 0 Å². The lowest BCUT2D eigenvalue weighted by Gasteiger charge is -2.18. The minimum absolute atomic E-state index is 0.0562. The predicted molar refractivity (Wildman–Crippen MR) is 48.2 cm³/mol. The van der Waals surface area contributed by atoms with Gasteiger partial charge < -0.3 is 14.6 Å². The van der Waals surface area contributed by atoms with Gasteiger partial charge in [0.2, 0.25) is 0 Å². The first-order chi connectivity index (χ1) is 6.27. The number of hydrogen-bond acceptors (Lipinski definition) is 3. The first-order valence-corrected chi connectivity index (χ1v) is 4.94. The van der Waals surface area contributed by atoms with Crippen LogP contribution in [0.2, 0.25) is 0 Å². The SMILES string of the molecule is CC1CCC(C(O)C2=CCCO2)O1. The molecule has 3 atom stereocenters. The molecule has 0 saturated carbocycles. The van der Waals surface area contributed by atoms with Gasteiger partial charge in [0, 0.05) is 6.42 Å². The topological polar surface area (TPSA) is 38.7 Å². The van der Waals surface area contributed by atoms with E-state index in [0.717, 1.165) is 19.3 Å². The Bertz CT molecular complexity index is 212. The van der Waals surface area contributed by atoms with Crippen molar-refractivity contribution in [3.63, 3.8) is 0 Å². The van der Waals surface area contributed by atoms with Gasteiger partial charge in [-0.2, -0.15) is 0 Å². The normalized spacial score (nSPS) is 35.7. The van der Waals surface area contributed by atoms with Gasteiger partial charge in [0.15, 0.2) is 0 Å². The molecule has 2 aliphatic heterocycles. The van der Waals surface area contributed by atoms with Crippen LogP contribution in [0.4, 0.5) is 0 Å². The zero-order valence-corrected chi connectivity index (χ0v) is 7.90. The van der Waals surface area contributed by atoms with Crippen LogP contribution in [0.3, 0.4) is 0 Å². The highest BCUT2D eigenvalue weighted by molar-refractivity contribution is 5.07. The van der Waals surface area contributed by atoms with Crippen LogP contribution >= 0.6 is 0 Å². The molecule has 2 heterocycles. The van der Waals surface area contributed by atoms with Gasteiger partial charge >= 0.3 is 0 Å². The molecule has 3 nitrogen and oxygen atoms in total. The maximum absolute atomic E-state index is 9.85. The molecule has 0 aliphatic carbocycles. The molecule has 1 saturated heterocycles. The van der Waals surface area contributed by atoms with Crippen LogP contribution < -0.4 is 0 Å². The van der Waals surface area contributed by atoms with Gasteiger partial charge in [0.05, 0.1) is 18.8 Å². The maximum Gasteiger partial charge on any atom is 0.137 e. The second kappa shape index (κ2) is 3.68. The van der Waals surface area contributed by atoms with Crippen molar-refractivity contribution in [2.45, 2.75) is 44.5 Å². The Morgan fingerprint density at radius 3 is 2.92 bits per heavy atom. The van der Waals surface area contributed by atoms with E-state index in [1.165, 1.54) is 0 Å². The summed E-state index contributed by atoms with van der Waals surface area (Å²) < 4.78 is 10.9. The smallest absolute Gasteiger partial charge is 0.137 e. The molecule has 0 bridgehead atoms. The van der Waals surface area contributed by atoms with E-state index in [-0.39, 0.29) is 12.2 Å². The second-order valence-electron chi connectivity index (χ2n) is 3.75. The van der Waals surface area contributed by atoms with E-state index in [9.17, 15) is 5.11 Å². The summed E-state index contributed by atoms with van der Waals surface area (Å²) in [4.78, 5) is 0. The predicted octanol–water partition coefficient (Wildman–Crippen LogP) is 1.22. The van der Waals surface area contributed by atoms with E-state index in [1.807, 2.05) is 13.0 Å². The van der Waals surface area contributed by atoms with Gasteiger partial charge in [-0.1, -0.05) is 0 Å². The lowest BCUT2D eigenvalue weighted by Crippen LogP contribution is -2.28. The molecule has 13 heavy (non-hydrogen) atoms. The quantitative estimate of drug-likeness (QED) is 0.701. The second-order valence-corrected chi connectivity index (χ2v) is 3.75. The Balaban J connectivity index is 1.92. The van der Waals surface area contributed by atoms with E-state index >= 15 is 0 Å². The van der Waals surface area contributed by atoms with Gasteiger partial charge in [-0.15, -0.1) is 0 Å². The van der Waals surface area contributed by atoms with Crippen LogP contribution in [-0.4, -0.2) is 30.0 Å². The van der Waals surface area contributed by atoms with Crippen LogP contribution in [0.1, 0.15) is 26.2 Å². The first-order valence-electron chi connectivity index (χ1n) is 4.94. The molecule has 0 aromatic carbocycles. The van der Waals surface area contributed by atoms with Crippen LogP contribution in [0, 0.1) is 0 Å². The minimum atomic E-state index is -0.549. The number of aliphatic hydroxyl groups is 1. The van der Waals surface area contributed by atoms with Crippen molar-refractivity contribution in [2.24, 2.45) is 0 Å². The molecule has 0 spiro atoms. The van der Waals surface area contributed by atoms with E-state index in [0.29, 0.717) is 12.4 Å². The highest BCUT2D eigenvalue weighted by Gasteiger charge is 2.32. The van der Waals surface area contributed by atoms with Crippen LogP contribution in [-0.2, 0) is 9.47 Å². The Morgan fingerprint density at radius 2 is 2.38 bits per heavy atom. The molecule has 1 N–H and O–H groups in total.